The highest BCUT2D eigenvalue weighted by atomic mass is 16.8. The lowest BCUT2D eigenvalue weighted by Gasteiger charge is -2.77. The highest BCUT2D eigenvalue weighted by molar-refractivity contribution is 6.07. The largest absolute Gasteiger partial charge is 0.391 e. The van der Waals surface area contributed by atoms with E-state index in [4.69, 9.17) is 52.1 Å². The maximum absolute atomic E-state index is 14.4. The average molecular weight is 1910 g/mol. The Balaban J connectivity index is 0.0000000852. The molecule has 752 valence electrons. The zero-order valence-corrected chi connectivity index (χ0v) is 82.9. The summed E-state index contributed by atoms with van der Waals surface area (Å²) >= 11 is 0. The number of aliphatic hydroxyl groups is 9. The van der Waals surface area contributed by atoms with Crippen LogP contribution in [0.15, 0.2) is 72.9 Å². The van der Waals surface area contributed by atoms with Gasteiger partial charge in [0.1, 0.15) is 57.6 Å². The molecule has 17 heterocycles. The first-order valence-corrected chi connectivity index (χ1v) is 52.9. The Bertz CT molecular complexity index is 5680. The molecule has 20 bridgehead atoms. The molecule has 17 aliphatic heterocycles. The summed E-state index contributed by atoms with van der Waals surface area (Å²) in [4.78, 5) is 69.5. The second kappa shape index (κ2) is 25.7. The number of allylic oxidation sites excluding steroid dienone is 4. The van der Waals surface area contributed by atoms with E-state index < -0.39 is 144 Å². The number of aliphatic hydroxyl groups excluding tert-OH is 7. The minimum absolute atomic E-state index is 0.00569. The van der Waals surface area contributed by atoms with Crippen LogP contribution in [0.2, 0.25) is 0 Å². The minimum Gasteiger partial charge on any atom is -0.391 e. The normalized spacial score (nSPS) is 61.7. The number of carbonyl (C=O) groups excluding carboxylic acids is 5. The van der Waals surface area contributed by atoms with Gasteiger partial charge in [-0.05, 0) is 206 Å². The number of hydrogen-bond donors (Lipinski definition) is 13. The van der Waals surface area contributed by atoms with E-state index in [-0.39, 0.29) is 186 Å². The zero-order chi connectivity index (χ0) is 97.2. The summed E-state index contributed by atoms with van der Waals surface area (Å²) in [5.41, 5.74) is -9.31. The molecular formula is C109H146N4O25. The summed E-state index contributed by atoms with van der Waals surface area (Å²) in [5.74, 6) is -11.9. The number of ether oxygens (including phenoxy) is 11. The van der Waals surface area contributed by atoms with Crippen molar-refractivity contribution in [1.29, 1.82) is 0 Å². The standard InChI is InChI=1S/C23H32N2O5.C23H31NO5.C23H30O5.C20H27NO5.C20H26O5/c1-18(2)7-11-14(25-11)20-9-28-23(15(26)13(18)20)22-12(20)6-5-10(21(8-24-21)17(22)27)16(22)29-19(3,4)30-23;1-18(2)8-5-9-20-11-27-23(15(25)14(18)20)22-13(20)7-6-12(21(10-24-21)17(22)26)16(22)28-19(3,4)29-23;1-12-13-7-8-14-21-10-6-9-19(2,3)15(21)17(25)23(26-11-21)22(14,16(12)24)18(13)27-20(4,5)28-23;1-16(2)6-3-7-17-9-26-20(25,14(23)12(16)17)19-11(17)5-4-10(13(19)22)18(8-21-18)15(19)24;1-10-11-5-6-12-18-8-4-7-17(2,3)13(18)16(23)20(24,25-9-18)19(12,14(10)21)15(11)22/h10-16,24-26H,5-9H2,1-4H3;5,9,12-16,24-25H,6-8,10-11H2,1-4H3;6,10,13-15,17-18,25H,1,7-9,11H2,2-5H3;3,7,10-14,21-23,25H,4-6,8-9H2,1-2H3;4,8,11-13,15-16,22-24H,1,5-7,9H2,2-3H3/t10-,11?,12?,13?,14?,15+,16-,20+,21?,22-,23+;12-,13?,14?,15+,16-,20-,21?,22-,23+;13-,14?,15?,17-,18+,21+,22-,23+;10-,11?,12?,13-,14+,17-,18?,19-,20+;11-,12?,13?,15+,16-,18+,19-,20-/m11010/s1. The monoisotopic (exact) mass is 1910 g/mol. The molecule has 20 aliphatic carbocycles. The molecule has 45 atom stereocenters. The Morgan fingerprint density at radius 3 is 1.14 bits per heavy atom. The van der Waals surface area contributed by atoms with E-state index in [2.05, 4.69) is 152 Å². The van der Waals surface area contributed by atoms with Gasteiger partial charge >= 0.3 is 0 Å². The Hall–Kier alpha value is -4.17. The molecule has 0 aromatic carbocycles. The molecule has 33 fully saturated rings. The summed E-state index contributed by atoms with van der Waals surface area (Å²) in [6.07, 6.45) is 22.7. The highest BCUT2D eigenvalue weighted by Gasteiger charge is 2.99. The van der Waals surface area contributed by atoms with Gasteiger partial charge in [-0.25, -0.2) is 0 Å². The van der Waals surface area contributed by atoms with Crippen molar-refractivity contribution in [2.75, 3.05) is 52.7 Å². The number of fused-ring (bicyclic) bond motifs is 11. The molecular weight excluding hydrogens is 1770 g/mol. The van der Waals surface area contributed by atoms with Gasteiger partial charge in [-0.2, -0.15) is 0 Å². The van der Waals surface area contributed by atoms with Crippen LogP contribution in [0.3, 0.4) is 0 Å². The van der Waals surface area contributed by atoms with Crippen molar-refractivity contribution >= 4 is 28.9 Å². The van der Waals surface area contributed by atoms with Crippen LogP contribution >= 0.6 is 0 Å². The lowest BCUT2D eigenvalue weighted by atomic mass is 9.36. The smallest absolute Gasteiger partial charge is 0.213 e. The summed E-state index contributed by atoms with van der Waals surface area (Å²) in [7, 11) is 0. The van der Waals surface area contributed by atoms with E-state index in [0.717, 1.165) is 89.9 Å². The first-order chi connectivity index (χ1) is 64.5. The molecule has 16 spiro atoms. The van der Waals surface area contributed by atoms with Crippen molar-refractivity contribution in [1.82, 2.24) is 21.3 Å². The van der Waals surface area contributed by atoms with Crippen LogP contribution in [0, 0.1) is 170 Å². The summed E-state index contributed by atoms with van der Waals surface area (Å²) in [6, 6.07) is 0.767. The highest BCUT2D eigenvalue weighted by Crippen LogP contribution is 2.87. The van der Waals surface area contributed by atoms with Gasteiger partial charge in [0.2, 0.25) is 28.9 Å². The maximum atomic E-state index is 14.4. The number of carbonyl (C=O) groups is 5. The maximum Gasteiger partial charge on any atom is 0.213 e. The number of Topliss-reactive ketones (excluding diaryl/α,β-unsaturated/α-hetero) is 5. The third-order valence-electron chi connectivity index (χ3n) is 47.1. The van der Waals surface area contributed by atoms with Gasteiger partial charge in [-0.3, -0.25) is 24.0 Å². The fourth-order valence-corrected chi connectivity index (χ4v) is 43.4. The van der Waals surface area contributed by atoms with E-state index in [0.29, 0.717) is 75.7 Å². The van der Waals surface area contributed by atoms with E-state index >= 15 is 0 Å². The molecule has 0 aromatic rings. The topological polar surface area (TPSA) is 457 Å². The minimum atomic E-state index is -2.05. The van der Waals surface area contributed by atoms with Crippen molar-refractivity contribution in [3.8, 4) is 0 Å². The van der Waals surface area contributed by atoms with Crippen LogP contribution in [0.25, 0.3) is 0 Å². The van der Waals surface area contributed by atoms with Gasteiger partial charge in [0, 0.05) is 118 Å². The van der Waals surface area contributed by atoms with Gasteiger partial charge < -0.3 is 119 Å². The third kappa shape index (κ3) is 9.03. The van der Waals surface area contributed by atoms with Crippen LogP contribution in [0.5, 0.6) is 0 Å². The van der Waals surface area contributed by atoms with Gasteiger partial charge in [-0.15, -0.1) is 0 Å². The van der Waals surface area contributed by atoms with Crippen LogP contribution in [0.4, 0.5) is 0 Å². The van der Waals surface area contributed by atoms with E-state index in [1.807, 2.05) is 41.5 Å². The Morgan fingerprint density at radius 1 is 0.341 bits per heavy atom. The SMILES string of the molecule is C=C1C(=O)[C@@]23C(CC[C@@H]1[C@H]2O)[C@]12C=CCC(C)(C)C1[C@H](O)[C@]3(O)OC2.C=C1C(=O)[C@@]23C4CC[C@@H]1[C@H]2OC(C)(C)O[C@@]31OC[C@]42C=CCC(C)(C)C2[C@@H]1O.CC1(C)CC=C[C@]23CO[C@@](O)([C@@H](O)C12)[C@]12C(=O)C4(CN4)[C@H](CCC31)[C@H]2O.CC1(C)O[C@@H]2[C@H]3CCC4[C@@]56CO[C@](O1)([C@@H](O)C5C(C)(C)CC1NC16)[C@]42C(=O)C31CN1.CC1(C)O[C@@H]2[C@H]3CCC4[C@]56C=CCC(C)(C)C5[C@H](O)[C@](OC6)(O1)[C@]42C(=O)C31CN1. The number of rotatable bonds is 0. The van der Waals surface area contributed by atoms with E-state index in [1.165, 1.54) is 0 Å². The van der Waals surface area contributed by atoms with E-state index in [9.17, 15) is 69.9 Å². The Labute approximate surface area is 806 Å². The molecule has 37 rings (SSSR count). The van der Waals surface area contributed by atoms with Crippen LogP contribution in [-0.4, -0.2) is 264 Å². The lowest BCUT2D eigenvalue weighted by Crippen LogP contribution is -2.88. The van der Waals surface area contributed by atoms with Crippen LogP contribution in [-0.2, 0) is 76.1 Å². The quantitative estimate of drug-likeness (QED) is 0.0704. The molecule has 13 N–H and O–H groups in total. The second-order valence-electron chi connectivity index (χ2n) is 55.5. The summed E-state index contributed by atoms with van der Waals surface area (Å²) < 4.78 is 70.8. The van der Waals surface area contributed by atoms with Crippen molar-refractivity contribution < 1.29 is 122 Å². The van der Waals surface area contributed by atoms with Crippen molar-refractivity contribution in [2.45, 2.75) is 343 Å². The molecule has 0 amide bonds. The Morgan fingerprint density at radius 2 is 0.674 bits per heavy atom. The van der Waals surface area contributed by atoms with Crippen molar-refractivity contribution in [3.63, 3.8) is 0 Å². The number of ketones is 5. The van der Waals surface area contributed by atoms with Gasteiger partial charge in [0.15, 0.2) is 46.3 Å². The van der Waals surface area contributed by atoms with Crippen LogP contribution in [0.1, 0.15) is 207 Å². The summed E-state index contributed by atoms with van der Waals surface area (Å²) in [6.45, 7) is 45.4. The summed E-state index contributed by atoms with van der Waals surface area (Å²) in [5, 5.41) is 118. The fourth-order valence-electron chi connectivity index (χ4n) is 43.4. The molecule has 0 radical (unpaired) electrons. The molecule has 17 saturated heterocycles. The number of nitrogens with one attached hydrogen (secondary N) is 4. The molecule has 29 heteroatoms. The molecule has 16 saturated carbocycles. The lowest BCUT2D eigenvalue weighted by molar-refractivity contribution is -0.529. The second-order valence-corrected chi connectivity index (χ2v) is 55.5. The fraction of sp³-hybridized carbons (Fsp3) is 0.844. The average Bonchev–Trinajstić information content (AvgIpc) is 1.42. The molecule has 15 unspecified atom stereocenters. The Kier molecular flexibility index (Phi) is 17.0. The first kappa shape index (κ1) is 91.3. The van der Waals surface area contributed by atoms with Crippen LogP contribution < -0.4 is 21.3 Å². The van der Waals surface area contributed by atoms with Gasteiger partial charge in [-0.1, -0.05) is 131 Å². The first-order valence-electron chi connectivity index (χ1n) is 52.9. The van der Waals surface area contributed by atoms with E-state index in [1.54, 1.807) is 0 Å². The zero-order valence-electron chi connectivity index (χ0n) is 82.9. The predicted molar refractivity (Wildman–Crippen MR) is 488 cm³/mol. The molecule has 0 aromatic heterocycles. The van der Waals surface area contributed by atoms with Crippen molar-refractivity contribution in [2.24, 2.45) is 170 Å². The van der Waals surface area contributed by atoms with Crippen molar-refractivity contribution in [3.05, 3.63) is 72.9 Å². The predicted octanol–water partition coefficient (Wildman–Crippen LogP) is 6.44. The number of hydrogen-bond acceptors (Lipinski definition) is 29. The van der Waals surface area contributed by atoms with Gasteiger partial charge in [0.25, 0.3) is 0 Å². The molecule has 37 aliphatic rings. The third-order valence-corrected chi connectivity index (χ3v) is 47.1. The molecule has 138 heavy (non-hydrogen) atoms. The molecule has 29 nitrogen and oxygen atoms in total. The van der Waals surface area contributed by atoms with Gasteiger partial charge in [0.05, 0.1) is 80.2 Å².